The van der Waals surface area contributed by atoms with Crippen LogP contribution in [0.4, 0.5) is 0 Å². The smallest absolute Gasteiger partial charge is 0.251 e. The summed E-state index contributed by atoms with van der Waals surface area (Å²) >= 11 is 0. The van der Waals surface area contributed by atoms with Crippen LogP contribution in [0.2, 0.25) is 0 Å². The molecule has 0 bridgehead atoms. The molecule has 0 aromatic heterocycles. The van der Waals surface area contributed by atoms with Crippen molar-refractivity contribution in [2.45, 2.75) is 32.7 Å². The van der Waals surface area contributed by atoms with Gasteiger partial charge in [-0.25, -0.2) is 5.48 Å². The Bertz CT molecular complexity index is 840. The second-order valence-electron chi connectivity index (χ2n) is 7.30. The molecular formula is C23H30N2O6. The van der Waals surface area contributed by atoms with Gasteiger partial charge in [0.25, 0.3) is 5.91 Å². The van der Waals surface area contributed by atoms with E-state index in [-0.39, 0.29) is 37.9 Å². The Morgan fingerprint density at radius 2 is 1.84 bits per heavy atom. The number of aryl methyl sites for hydroxylation is 1. The van der Waals surface area contributed by atoms with Crippen LogP contribution in [0.3, 0.4) is 0 Å². The van der Waals surface area contributed by atoms with Crippen LogP contribution >= 0.6 is 0 Å². The predicted molar refractivity (Wildman–Crippen MR) is 115 cm³/mol. The monoisotopic (exact) mass is 430 g/mol. The minimum absolute atomic E-state index is 0.0663. The standard InChI is InChI=1S/C23H30N2O6/c1-3-30-15-31-14-20(24-22(27)18-9-7-16(2)8-10-18)13-19(23(28)25-29)11-17-5-4-6-21(26)12-17/h4-10,12,19-20,26,29H,3,11,13-15H2,1-2H3,(H,24,27)(H,25,28). The number of benzene rings is 2. The zero-order valence-electron chi connectivity index (χ0n) is 17.8. The highest BCUT2D eigenvalue weighted by Crippen LogP contribution is 2.19. The van der Waals surface area contributed by atoms with Crippen LogP contribution in [-0.4, -0.2) is 48.2 Å². The average molecular weight is 431 g/mol. The summed E-state index contributed by atoms with van der Waals surface area (Å²) in [6.07, 6.45) is 0.481. The van der Waals surface area contributed by atoms with Gasteiger partial charge in [0.15, 0.2) is 0 Å². The maximum absolute atomic E-state index is 12.7. The Labute approximate surface area is 182 Å². The van der Waals surface area contributed by atoms with Gasteiger partial charge in [0.2, 0.25) is 5.91 Å². The van der Waals surface area contributed by atoms with E-state index in [1.54, 1.807) is 35.8 Å². The number of carbonyl (C=O) groups excluding carboxylic acids is 2. The van der Waals surface area contributed by atoms with E-state index in [9.17, 15) is 19.9 Å². The minimum Gasteiger partial charge on any atom is -0.508 e. The minimum atomic E-state index is -0.661. The molecular weight excluding hydrogens is 400 g/mol. The lowest BCUT2D eigenvalue weighted by Gasteiger charge is -2.24. The van der Waals surface area contributed by atoms with Gasteiger partial charge >= 0.3 is 0 Å². The van der Waals surface area contributed by atoms with Gasteiger partial charge in [-0.1, -0.05) is 29.8 Å². The van der Waals surface area contributed by atoms with Crippen molar-refractivity contribution in [3.05, 3.63) is 65.2 Å². The molecule has 31 heavy (non-hydrogen) atoms. The Kier molecular flexibility index (Phi) is 9.96. The van der Waals surface area contributed by atoms with Gasteiger partial charge in [0.05, 0.1) is 12.6 Å². The first-order valence-electron chi connectivity index (χ1n) is 10.2. The fraction of sp³-hybridized carbons (Fsp3) is 0.391. The van der Waals surface area contributed by atoms with Crippen molar-refractivity contribution in [2.24, 2.45) is 5.92 Å². The molecule has 0 saturated carbocycles. The largest absolute Gasteiger partial charge is 0.508 e. The SMILES string of the molecule is CCOCOCC(CC(Cc1cccc(O)c1)C(=O)NO)NC(=O)c1ccc(C)cc1. The van der Waals surface area contributed by atoms with Crippen LogP contribution in [0.5, 0.6) is 5.75 Å². The van der Waals surface area contributed by atoms with E-state index in [1.165, 1.54) is 6.07 Å². The molecule has 0 radical (unpaired) electrons. The molecule has 2 aromatic rings. The van der Waals surface area contributed by atoms with E-state index in [0.29, 0.717) is 12.2 Å². The molecule has 0 aliphatic rings. The molecule has 2 aromatic carbocycles. The van der Waals surface area contributed by atoms with Crippen molar-refractivity contribution < 1.29 is 29.4 Å². The molecule has 0 heterocycles. The van der Waals surface area contributed by atoms with E-state index >= 15 is 0 Å². The van der Waals surface area contributed by atoms with Crippen LogP contribution in [0.15, 0.2) is 48.5 Å². The summed E-state index contributed by atoms with van der Waals surface area (Å²) in [6.45, 7) is 4.47. The van der Waals surface area contributed by atoms with Crippen LogP contribution in [-0.2, 0) is 20.7 Å². The molecule has 2 rings (SSSR count). The molecule has 2 amide bonds. The van der Waals surface area contributed by atoms with Crippen LogP contribution in [0, 0.1) is 12.8 Å². The second kappa shape index (κ2) is 12.7. The maximum Gasteiger partial charge on any atom is 0.251 e. The summed E-state index contributed by atoms with van der Waals surface area (Å²) in [4.78, 5) is 25.0. The van der Waals surface area contributed by atoms with Gasteiger partial charge in [-0.15, -0.1) is 0 Å². The molecule has 0 saturated heterocycles. The zero-order chi connectivity index (χ0) is 22.6. The zero-order valence-corrected chi connectivity index (χ0v) is 17.8. The van der Waals surface area contributed by atoms with Gasteiger partial charge in [-0.3, -0.25) is 14.8 Å². The van der Waals surface area contributed by atoms with Crippen LogP contribution in [0.25, 0.3) is 0 Å². The highest BCUT2D eigenvalue weighted by Gasteiger charge is 2.25. The van der Waals surface area contributed by atoms with Crippen molar-refractivity contribution in [3.8, 4) is 5.75 Å². The molecule has 0 fully saturated rings. The van der Waals surface area contributed by atoms with Gasteiger partial charge in [-0.2, -0.15) is 0 Å². The van der Waals surface area contributed by atoms with Crippen LogP contribution in [0.1, 0.15) is 34.8 Å². The van der Waals surface area contributed by atoms with Crippen LogP contribution < -0.4 is 10.8 Å². The summed E-state index contributed by atoms with van der Waals surface area (Å²) < 4.78 is 10.7. The molecule has 4 N–H and O–H groups in total. The van der Waals surface area contributed by atoms with Gasteiger partial charge in [0, 0.05) is 18.1 Å². The summed E-state index contributed by atoms with van der Waals surface area (Å²) in [5.41, 5.74) is 3.96. The molecule has 0 aliphatic heterocycles. The van der Waals surface area contributed by atoms with E-state index in [4.69, 9.17) is 9.47 Å². The van der Waals surface area contributed by atoms with Crippen molar-refractivity contribution in [3.63, 3.8) is 0 Å². The summed E-state index contributed by atoms with van der Waals surface area (Å²) in [5, 5.41) is 21.8. The highest BCUT2D eigenvalue weighted by atomic mass is 16.7. The number of phenolic OH excluding ortho intramolecular Hbond substituents is 1. The van der Waals surface area contributed by atoms with E-state index in [2.05, 4.69) is 5.32 Å². The van der Waals surface area contributed by atoms with Crippen molar-refractivity contribution >= 4 is 11.8 Å². The molecule has 168 valence electrons. The average Bonchev–Trinajstić information content (AvgIpc) is 2.76. The Hall–Kier alpha value is -2.94. The van der Waals surface area contributed by atoms with Crippen molar-refractivity contribution in [1.82, 2.24) is 10.8 Å². The number of amides is 2. The number of carbonyl (C=O) groups is 2. The number of rotatable bonds is 12. The van der Waals surface area contributed by atoms with E-state index < -0.39 is 17.9 Å². The first kappa shape index (κ1) is 24.3. The molecule has 2 unspecified atom stereocenters. The van der Waals surface area contributed by atoms with Gasteiger partial charge < -0.3 is 19.9 Å². The molecule has 8 heteroatoms. The molecule has 8 nitrogen and oxygen atoms in total. The third kappa shape index (κ3) is 8.37. The van der Waals surface area contributed by atoms with Gasteiger partial charge in [0.1, 0.15) is 12.5 Å². The number of hydrogen-bond acceptors (Lipinski definition) is 6. The van der Waals surface area contributed by atoms with E-state index in [1.807, 2.05) is 26.0 Å². The first-order valence-corrected chi connectivity index (χ1v) is 10.2. The molecule has 0 spiro atoms. The lowest BCUT2D eigenvalue weighted by molar-refractivity contribution is -0.134. The van der Waals surface area contributed by atoms with E-state index in [0.717, 1.165) is 11.1 Å². The highest BCUT2D eigenvalue weighted by molar-refractivity contribution is 5.94. The lowest BCUT2D eigenvalue weighted by atomic mass is 9.92. The quantitative estimate of drug-likeness (QED) is 0.178. The topological polar surface area (TPSA) is 117 Å². The Balaban J connectivity index is 2.13. The number of aromatic hydroxyl groups is 1. The number of nitrogens with one attached hydrogen (secondary N) is 2. The molecule has 2 atom stereocenters. The fourth-order valence-corrected chi connectivity index (χ4v) is 3.16. The summed E-state index contributed by atoms with van der Waals surface area (Å²) in [7, 11) is 0. The Morgan fingerprint density at radius 3 is 2.48 bits per heavy atom. The number of phenols is 1. The predicted octanol–water partition coefficient (Wildman–Crippen LogP) is 2.56. The fourth-order valence-electron chi connectivity index (χ4n) is 3.16. The van der Waals surface area contributed by atoms with Crippen molar-refractivity contribution in [2.75, 3.05) is 20.0 Å². The third-order valence-corrected chi connectivity index (χ3v) is 4.78. The first-order chi connectivity index (χ1) is 14.9. The van der Waals surface area contributed by atoms with Crippen molar-refractivity contribution in [1.29, 1.82) is 0 Å². The second-order valence-corrected chi connectivity index (χ2v) is 7.30. The number of ether oxygens (including phenoxy) is 2. The summed E-state index contributed by atoms with van der Waals surface area (Å²) in [5.74, 6) is -1.44. The summed E-state index contributed by atoms with van der Waals surface area (Å²) in [6, 6.07) is 13.2. The number of hydroxylamine groups is 1. The Morgan fingerprint density at radius 1 is 1.10 bits per heavy atom. The maximum atomic E-state index is 12.7. The normalized spacial score (nSPS) is 12.7. The molecule has 0 aliphatic carbocycles. The number of hydrogen-bond donors (Lipinski definition) is 4. The lowest BCUT2D eigenvalue weighted by Crippen LogP contribution is -2.42. The third-order valence-electron chi connectivity index (χ3n) is 4.78. The van der Waals surface area contributed by atoms with Gasteiger partial charge in [-0.05, 0) is 56.5 Å².